The lowest BCUT2D eigenvalue weighted by Gasteiger charge is -2.38. The average molecular weight is 303 g/mol. The minimum Gasteiger partial charge on any atom is -0.380 e. The quantitative estimate of drug-likeness (QED) is 0.927. The molecule has 4 nitrogen and oxygen atoms in total. The zero-order chi connectivity index (χ0) is 15.1. The van der Waals surface area contributed by atoms with Crippen molar-refractivity contribution in [3.8, 4) is 0 Å². The van der Waals surface area contributed by atoms with Gasteiger partial charge in [0.2, 0.25) is 0 Å². The normalized spacial score (nSPS) is 30.2. The summed E-state index contributed by atoms with van der Waals surface area (Å²) in [5.74, 6) is -0.00808. The summed E-state index contributed by atoms with van der Waals surface area (Å²) in [5.41, 5.74) is 3.30. The molecule has 1 unspecified atom stereocenters. The van der Waals surface area contributed by atoms with Gasteiger partial charge < -0.3 is 4.74 Å². The van der Waals surface area contributed by atoms with Gasteiger partial charge in [0, 0.05) is 30.5 Å². The number of aromatic nitrogens is 2. The van der Waals surface area contributed by atoms with Crippen molar-refractivity contribution in [2.75, 3.05) is 26.3 Å². The highest BCUT2D eigenvalue weighted by Crippen LogP contribution is 2.35. The first kappa shape index (κ1) is 14.2. The van der Waals surface area contributed by atoms with Crippen molar-refractivity contribution in [3.63, 3.8) is 0 Å². The summed E-state index contributed by atoms with van der Waals surface area (Å²) < 4.78 is 20.3. The predicted molar refractivity (Wildman–Crippen MR) is 83.9 cm³/mol. The van der Waals surface area contributed by atoms with E-state index in [2.05, 4.69) is 34.2 Å². The standard InChI is InChI=1S/C17H22FN3O/c1-11-6-12-8-19-20-17(12)7-15(11)14-2-4-21(9-16(14)18)13-3-5-22-10-13/h6-8,13-14,16H,2-5,9-10H2,1H3,(H,19,20)/t13?,14-,16-/m1/s1. The lowest BCUT2D eigenvalue weighted by Crippen LogP contribution is -2.46. The number of fused-ring (bicyclic) bond motifs is 1. The molecule has 0 saturated carbocycles. The Bertz CT molecular complexity index is 665. The average Bonchev–Trinajstić information content (AvgIpc) is 3.17. The van der Waals surface area contributed by atoms with Crippen molar-refractivity contribution < 1.29 is 9.13 Å². The topological polar surface area (TPSA) is 41.2 Å². The van der Waals surface area contributed by atoms with Gasteiger partial charge in [0.05, 0.1) is 18.3 Å². The molecule has 1 N–H and O–H groups in total. The van der Waals surface area contributed by atoms with Crippen LogP contribution in [0.15, 0.2) is 18.3 Å². The minimum absolute atomic E-state index is 0.00808. The number of benzene rings is 1. The molecular formula is C17H22FN3O. The molecule has 0 amide bonds. The van der Waals surface area contributed by atoms with Gasteiger partial charge in [-0.3, -0.25) is 10.00 Å². The highest BCUT2D eigenvalue weighted by molar-refractivity contribution is 5.79. The number of piperidine rings is 1. The van der Waals surface area contributed by atoms with Gasteiger partial charge in [0.15, 0.2) is 0 Å². The van der Waals surface area contributed by atoms with Crippen LogP contribution in [0.3, 0.4) is 0 Å². The smallest absolute Gasteiger partial charge is 0.120 e. The summed E-state index contributed by atoms with van der Waals surface area (Å²) in [6.45, 7) is 5.14. The van der Waals surface area contributed by atoms with Crippen LogP contribution in [0, 0.1) is 6.92 Å². The third-order valence-corrected chi connectivity index (χ3v) is 5.22. The van der Waals surface area contributed by atoms with E-state index in [-0.39, 0.29) is 5.92 Å². The van der Waals surface area contributed by atoms with Crippen LogP contribution in [-0.2, 0) is 4.74 Å². The highest BCUT2D eigenvalue weighted by Gasteiger charge is 2.35. The van der Waals surface area contributed by atoms with E-state index in [0.717, 1.165) is 49.1 Å². The molecule has 2 fully saturated rings. The van der Waals surface area contributed by atoms with Crippen LogP contribution >= 0.6 is 0 Å². The number of H-pyrrole nitrogens is 1. The lowest BCUT2D eigenvalue weighted by molar-refractivity contribution is 0.0728. The second-order valence-electron chi connectivity index (χ2n) is 6.59. The lowest BCUT2D eigenvalue weighted by atomic mass is 9.84. The fraction of sp³-hybridized carbons (Fsp3) is 0.588. The number of likely N-dealkylation sites (tertiary alicyclic amines) is 1. The molecule has 1 aromatic heterocycles. The Balaban J connectivity index is 1.55. The molecule has 2 aliphatic rings. The summed E-state index contributed by atoms with van der Waals surface area (Å²) in [7, 11) is 0. The maximum absolute atomic E-state index is 14.8. The van der Waals surface area contributed by atoms with Gasteiger partial charge in [-0.05, 0) is 49.6 Å². The van der Waals surface area contributed by atoms with E-state index >= 15 is 0 Å². The second-order valence-corrected chi connectivity index (χ2v) is 6.59. The first-order valence-corrected chi connectivity index (χ1v) is 8.12. The van der Waals surface area contributed by atoms with Crippen LogP contribution in [0.5, 0.6) is 0 Å². The Morgan fingerprint density at radius 3 is 3.05 bits per heavy atom. The summed E-state index contributed by atoms with van der Waals surface area (Å²) in [5, 5.41) is 8.16. The molecule has 0 bridgehead atoms. The number of nitrogens with one attached hydrogen (secondary N) is 1. The number of ether oxygens (including phenoxy) is 1. The van der Waals surface area contributed by atoms with Gasteiger partial charge in [-0.2, -0.15) is 5.10 Å². The van der Waals surface area contributed by atoms with Crippen molar-refractivity contribution in [3.05, 3.63) is 29.5 Å². The molecule has 118 valence electrons. The second kappa shape index (κ2) is 5.63. The molecule has 2 aliphatic heterocycles. The van der Waals surface area contributed by atoms with E-state index in [1.807, 2.05) is 6.20 Å². The molecular weight excluding hydrogens is 281 g/mol. The largest absolute Gasteiger partial charge is 0.380 e. The predicted octanol–water partition coefficient (Wildman–Crippen LogP) is 2.79. The molecule has 4 rings (SSSR count). The summed E-state index contributed by atoms with van der Waals surface area (Å²) in [4.78, 5) is 2.28. The Kier molecular flexibility index (Phi) is 3.62. The van der Waals surface area contributed by atoms with E-state index in [0.29, 0.717) is 12.6 Å². The SMILES string of the molecule is Cc1cc2cn[nH]c2cc1[C@H]1CCN(C2CCOC2)C[C@H]1F. The van der Waals surface area contributed by atoms with E-state index < -0.39 is 6.17 Å². The first-order valence-electron chi connectivity index (χ1n) is 8.12. The fourth-order valence-electron chi connectivity index (χ4n) is 3.94. The number of hydrogen-bond acceptors (Lipinski definition) is 3. The maximum atomic E-state index is 14.8. The van der Waals surface area contributed by atoms with Gasteiger partial charge in [-0.15, -0.1) is 0 Å². The third-order valence-electron chi connectivity index (χ3n) is 5.22. The van der Waals surface area contributed by atoms with Crippen LogP contribution in [0.2, 0.25) is 0 Å². The number of rotatable bonds is 2. The number of halogens is 1. The van der Waals surface area contributed by atoms with Crippen molar-refractivity contribution in [1.82, 2.24) is 15.1 Å². The monoisotopic (exact) mass is 303 g/mol. The first-order chi connectivity index (χ1) is 10.7. The van der Waals surface area contributed by atoms with Gasteiger partial charge >= 0.3 is 0 Å². The van der Waals surface area contributed by atoms with Crippen molar-refractivity contribution in [2.24, 2.45) is 0 Å². The molecule has 5 heteroatoms. The minimum atomic E-state index is -0.812. The zero-order valence-electron chi connectivity index (χ0n) is 12.9. The van der Waals surface area contributed by atoms with E-state index in [1.54, 1.807) is 0 Å². The number of hydrogen-bond donors (Lipinski definition) is 1. The van der Waals surface area contributed by atoms with Crippen LogP contribution in [0.25, 0.3) is 10.9 Å². The highest BCUT2D eigenvalue weighted by atomic mass is 19.1. The summed E-state index contributed by atoms with van der Waals surface area (Å²) in [6, 6.07) is 4.61. The number of alkyl halides is 1. The van der Waals surface area contributed by atoms with Crippen molar-refractivity contribution >= 4 is 10.9 Å². The molecule has 3 atom stereocenters. The molecule has 0 spiro atoms. The molecule has 2 aromatic rings. The molecule has 22 heavy (non-hydrogen) atoms. The fourth-order valence-corrected chi connectivity index (χ4v) is 3.94. The van der Waals surface area contributed by atoms with Gasteiger partial charge in [-0.25, -0.2) is 4.39 Å². The van der Waals surface area contributed by atoms with Crippen LogP contribution in [0.1, 0.15) is 29.9 Å². The Hall–Kier alpha value is -1.46. The van der Waals surface area contributed by atoms with E-state index in [1.165, 1.54) is 5.56 Å². The maximum Gasteiger partial charge on any atom is 0.120 e. The summed E-state index contributed by atoms with van der Waals surface area (Å²) in [6.07, 6.45) is 2.92. The van der Waals surface area contributed by atoms with Crippen LogP contribution in [-0.4, -0.2) is 53.6 Å². The Morgan fingerprint density at radius 2 is 2.27 bits per heavy atom. The molecule has 0 radical (unpaired) electrons. The molecule has 2 saturated heterocycles. The molecule has 1 aromatic carbocycles. The van der Waals surface area contributed by atoms with Crippen LogP contribution in [0.4, 0.5) is 4.39 Å². The van der Waals surface area contributed by atoms with Crippen LogP contribution < -0.4 is 0 Å². The van der Waals surface area contributed by atoms with Gasteiger partial charge in [0.25, 0.3) is 0 Å². The molecule has 0 aliphatic carbocycles. The van der Waals surface area contributed by atoms with E-state index in [4.69, 9.17) is 4.74 Å². The number of nitrogens with zero attached hydrogens (tertiary/aromatic N) is 2. The van der Waals surface area contributed by atoms with Crippen molar-refractivity contribution in [2.45, 2.75) is 37.9 Å². The van der Waals surface area contributed by atoms with E-state index in [9.17, 15) is 4.39 Å². The molecule has 3 heterocycles. The van der Waals surface area contributed by atoms with Crippen molar-refractivity contribution in [1.29, 1.82) is 0 Å². The number of aryl methyl sites for hydroxylation is 1. The Labute approximate surface area is 129 Å². The van der Waals surface area contributed by atoms with Gasteiger partial charge in [0.1, 0.15) is 6.17 Å². The third kappa shape index (κ3) is 2.42. The number of aromatic amines is 1. The zero-order valence-corrected chi connectivity index (χ0v) is 12.9. The van der Waals surface area contributed by atoms with Gasteiger partial charge in [-0.1, -0.05) is 0 Å². The Morgan fingerprint density at radius 1 is 1.36 bits per heavy atom. The summed E-state index contributed by atoms with van der Waals surface area (Å²) >= 11 is 0.